The normalized spacial score (nSPS) is 14.2. The first-order valence-electron chi connectivity index (χ1n) is 8.15. The summed E-state index contributed by atoms with van der Waals surface area (Å²) in [7, 11) is -2.52. The fourth-order valence-electron chi connectivity index (χ4n) is 2.88. The van der Waals surface area contributed by atoms with Crippen LogP contribution in [0, 0.1) is 10.8 Å². The molecule has 0 spiro atoms. The van der Waals surface area contributed by atoms with E-state index in [0.717, 1.165) is 0 Å². The van der Waals surface area contributed by atoms with E-state index >= 15 is 0 Å². The molecule has 0 aliphatic carbocycles. The van der Waals surface area contributed by atoms with Gasteiger partial charge < -0.3 is 4.12 Å². The van der Waals surface area contributed by atoms with E-state index < -0.39 is 17.4 Å². The van der Waals surface area contributed by atoms with Crippen LogP contribution in [0.2, 0.25) is 30.2 Å². The molecule has 0 rings (SSSR count). The van der Waals surface area contributed by atoms with E-state index in [1.807, 2.05) is 0 Å². The van der Waals surface area contributed by atoms with Crippen molar-refractivity contribution in [2.75, 3.05) is 0 Å². The molecule has 0 fully saturated rings. The van der Waals surface area contributed by atoms with Crippen molar-refractivity contribution < 1.29 is 4.12 Å². The van der Waals surface area contributed by atoms with Gasteiger partial charge in [-0.3, -0.25) is 0 Å². The minimum absolute atomic E-state index is 0.414. The van der Waals surface area contributed by atoms with Gasteiger partial charge in [-0.25, -0.2) is 0 Å². The number of hydrogen-bond acceptors (Lipinski definition) is 1. The van der Waals surface area contributed by atoms with Crippen LogP contribution in [0.3, 0.4) is 0 Å². The van der Waals surface area contributed by atoms with E-state index in [1.54, 1.807) is 0 Å². The molecule has 116 valence electrons. The van der Waals surface area contributed by atoms with Crippen LogP contribution in [0.1, 0.15) is 62.3 Å². The average Bonchev–Trinajstić information content (AvgIpc) is 2.21. The summed E-state index contributed by atoms with van der Waals surface area (Å²) in [5, 5.41) is 0. The third kappa shape index (κ3) is 8.31. The predicted molar refractivity (Wildman–Crippen MR) is 94.0 cm³/mol. The molecule has 0 saturated carbocycles. The SMILES string of the molecule is CC[Si](CC)(CC)O[SiH](CC(C)(C)C)CC(C)(C)C. The molecular formula is C16H38OSi2. The van der Waals surface area contributed by atoms with Gasteiger partial charge in [0.1, 0.15) is 0 Å². The average molecular weight is 303 g/mol. The second-order valence-electron chi connectivity index (χ2n) is 8.51. The molecule has 0 bridgehead atoms. The van der Waals surface area contributed by atoms with Crippen LogP contribution in [-0.2, 0) is 4.12 Å². The van der Waals surface area contributed by atoms with E-state index in [2.05, 4.69) is 62.3 Å². The first kappa shape index (κ1) is 19.4. The maximum atomic E-state index is 6.92. The Balaban J connectivity index is 4.93. The van der Waals surface area contributed by atoms with Gasteiger partial charge in [0, 0.05) is 0 Å². The minimum atomic E-state index is -1.42. The fourth-order valence-corrected chi connectivity index (χ4v) is 12.7. The molecule has 0 radical (unpaired) electrons. The van der Waals surface area contributed by atoms with Gasteiger partial charge in [0.05, 0.1) is 0 Å². The highest BCUT2D eigenvalue weighted by molar-refractivity contribution is 6.80. The Bertz CT molecular complexity index is 222. The number of rotatable bonds is 7. The third-order valence-electron chi connectivity index (χ3n) is 4.03. The molecule has 3 heteroatoms. The van der Waals surface area contributed by atoms with Gasteiger partial charge in [0.25, 0.3) is 0 Å². The van der Waals surface area contributed by atoms with E-state index in [9.17, 15) is 0 Å². The number of hydrogen-bond donors (Lipinski definition) is 0. The molecule has 0 aliphatic rings. The standard InChI is InChI=1S/C16H38OSi2/c1-10-19(11-2,12-3)17-18(13-15(4,5)6)14-16(7,8)9/h18H,10-14H2,1-9H3. The van der Waals surface area contributed by atoms with Crippen LogP contribution < -0.4 is 0 Å². The summed E-state index contributed by atoms with van der Waals surface area (Å²) in [6.45, 7) is 21.2. The molecule has 0 aromatic rings. The summed E-state index contributed by atoms with van der Waals surface area (Å²) < 4.78 is 6.92. The predicted octanol–water partition coefficient (Wildman–Crippen LogP) is 5.82. The van der Waals surface area contributed by atoms with Crippen molar-refractivity contribution in [3.63, 3.8) is 0 Å². The smallest absolute Gasteiger partial charge is 0.178 e. The molecule has 0 heterocycles. The Hall–Kier alpha value is 0.394. The maximum Gasteiger partial charge on any atom is 0.178 e. The highest BCUT2D eigenvalue weighted by Crippen LogP contribution is 2.33. The van der Waals surface area contributed by atoms with Gasteiger partial charge >= 0.3 is 0 Å². The summed E-state index contributed by atoms with van der Waals surface area (Å²) in [5.74, 6) is 0. The Morgan fingerprint density at radius 1 is 0.737 bits per heavy atom. The highest BCUT2D eigenvalue weighted by atomic mass is 28.4. The van der Waals surface area contributed by atoms with Crippen molar-refractivity contribution >= 4 is 17.4 Å². The van der Waals surface area contributed by atoms with Crippen LogP contribution in [0.4, 0.5) is 0 Å². The van der Waals surface area contributed by atoms with Gasteiger partial charge in [-0.2, -0.15) is 0 Å². The summed E-state index contributed by atoms with van der Waals surface area (Å²) in [4.78, 5) is 0. The fraction of sp³-hybridized carbons (Fsp3) is 1.00. The van der Waals surface area contributed by atoms with Crippen LogP contribution in [0.5, 0.6) is 0 Å². The second-order valence-corrected chi connectivity index (χ2v) is 16.0. The lowest BCUT2D eigenvalue weighted by Gasteiger charge is -2.38. The lowest BCUT2D eigenvalue weighted by molar-refractivity contribution is 0.397. The molecule has 0 atom stereocenters. The topological polar surface area (TPSA) is 9.23 Å². The van der Waals surface area contributed by atoms with E-state index in [1.165, 1.54) is 30.2 Å². The molecule has 0 aliphatic heterocycles. The van der Waals surface area contributed by atoms with Crippen LogP contribution >= 0.6 is 0 Å². The van der Waals surface area contributed by atoms with Crippen molar-refractivity contribution in [2.45, 2.75) is 92.5 Å². The van der Waals surface area contributed by atoms with Crippen LogP contribution in [-0.4, -0.2) is 17.4 Å². The lowest BCUT2D eigenvalue weighted by atomic mass is 10.00. The quantitative estimate of drug-likeness (QED) is 0.538. The molecule has 1 nitrogen and oxygen atoms in total. The Morgan fingerprint density at radius 2 is 1.05 bits per heavy atom. The Morgan fingerprint density at radius 3 is 1.26 bits per heavy atom. The van der Waals surface area contributed by atoms with Crippen molar-refractivity contribution in [1.82, 2.24) is 0 Å². The van der Waals surface area contributed by atoms with Gasteiger partial charge in [0.15, 0.2) is 17.4 Å². The van der Waals surface area contributed by atoms with Crippen molar-refractivity contribution in [3.8, 4) is 0 Å². The zero-order valence-corrected chi connectivity index (χ0v) is 17.2. The lowest BCUT2D eigenvalue weighted by Crippen LogP contribution is -2.44. The van der Waals surface area contributed by atoms with Crippen LogP contribution in [0.25, 0.3) is 0 Å². The van der Waals surface area contributed by atoms with Crippen molar-refractivity contribution in [3.05, 3.63) is 0 Å². The van der Waals surface area contributed by atoms with Crippen molar-refractivity contribution in [1.29, 1.82) is 0 Å². The molecule has 0 aromatic carbocycles. The van der Waals surface area contributed by atoms with Gasteiger partial charge in [-0.1, -0.05) is 62.3 Å². The molecule has 0 amide bonds. The molecule has 0 unspecified atom stereocenters. The molecule has 0 N–H and O–H groups in total. The summed E-state index contributed by atoms with van der Waals surface area (Å²) in [6, 6.07) is 6.51. The zero-order chi connectivity index (χ0) is 15.3. The summed E-state index contributed by atoms with van der Waals surface area (Å²) in [6.07, 6.45) is 0. The van der Waals surface area contributed by atoms with Gasteiger partial charge in [-0.05, 0) is 41.1 Å². The van der Waals surface area contributed by atoms with E-state index in [-0.39, 0.29) is 0 Å². The van der Waals surface area contributed by atoms with Crippen molar-refractivity contribution in [2.24, 2.45) is 10.8 Å². The van der Waals surface area contributed by atoms with Gasteiger partial charge in [0.2, 0.25) is 0 Å². The highest BCUT2D eigenvalue weighted by Gasteiger charge is 2.35. The largest absolute Gasteiger partial charge is 0.457 e. The first-order valence-corrected chi connectivity index (χ1v) is 12.8. The molecular weight excluding hydrogens is 264 g/mol. The molecule has 0 aromatic heterocycles. The molecule has 0 saturated heterocycles. The maximum absolute atomic E-state index is 6.92. The van der Waals surface area contributed by atoms with E-state index in [0.29, 0.717) is 10.8 Å². The zero-order valence-electron chi connectivity index (χ0n) is 15.0. The first-order chi connectivity index (χ1) is 8.47. The second kappa shape index (κ2) is 7.42. The van der Waals surface area contributed by atoms with Gasteiger partial charge in [-0.15, -0.1) is 0 Å². The van der Waals surface area contributed by atoms with E-state index in [4.69, 9.17) is 4.12 Å². The summed E-state index contributed by atoms with van der Waals surface area (Å²) in [5.41, 5.74) is 0.828. The third-order valence-corrected chi connectivity index (χ3v) is 14.6. The monoisotopic (exact) mass is 302 g/mol. The molecule has 19 heavy (non-hydrogen) atoms. The van der Waals surface area contributed by atoms with Crippen LogP contribution in [0.15, 0.2) is 0 Å². The minimum Gasteiger partial charge on any atom is -0.457 e. The Kier molecular flexibility index (Phi) is 7.57. The Labute approximate surface area is 125 Å². The summed E-state index contributed by atoms with van der Waals surface area (Å²) >= 11 is 0.